The van der Waals surface area contributed by atoms with Crippen LogP contribution in [0.1, 0.15) is 5.56 Å². The number of methoxy groups -OCH3 is 1. The van der Waals surface area contributed by atoms with E-state index in [0.717, 1.165) is 18.5 Å². The van der Waals surface area contributed by atoms with Crippen LogP contribution in [-0.2, 0) is 11.2 Å². The van der Waals surface area contributed by atoms with E-state index < -0.39 is 0 Å². The molecular formula is C12H17Cl2NO2. The van der Waals surface area contributed by atoms with Gasteiger partial charge in [-0.15, -0.1) is 0 Å². The first-order chi connectivity index (χ1) is 8.19. The number of benzene rings is 1. The molecule has 0 aliphatic rings. The van der Waals surface area contributed by atoms with E-state index in [1.807, 2.05) is 13.1 Å². The maximum atomic E-state index is 6.11. The number of likely N-dealkylation sites (N-methyl/N-ethyl adjacent to an activating group) is 1. The lowest BCUT2D eigenvalue weighted by Crippen LogP contribution is -2.15. The summed E-state index contributed by atoms with van der Waals surface area (Å²) in [6.07, 6.45) is 0.742. The van der Waals surface area contributed by atoms with Gasteiger partial charge in [0.15, 0.2) is 0 Å². The van der Waals surface area contributed by atoms with Crippen LogP contribution < -0.4 is 10.1 Å². The zero-order chi connectivity index (χ0) is 12.7. The van der Waals surface area contributed by atoms with Crippen LogP contribution in [0.15, 0.2) is 12.1 Å². The van der Waals surface area contributed by atoms with E-state index in [0.29, 0.717) is 29.0 Å². The number of nitrogens with one attached hydrogen (secondary N) is 1. The van der Waals surface area contributed by atoms with Gasteiger partial charge >= 0.3 is 0 Å². The van der Waals surface area contributed by atoms with Gasteiger partial charge in [-0.05, 0) is 25.1 Å². The van der Waals surface area contributed by atoms with Crippen molar-refractivity contribution in [2.45, 2.75) is 6.42 Å². The molecule has 17 heavy (non-hydrogen) atoms. The molecule has 0 spiro atoms. The van der Waals surface area contributed by atoms with E-state index in [-0.39, 0.29) is 0 Å². The van der Waals surface area contributed by atoms with E-state index in [9.17, 15) is 0 Å². The predicted molar refractivity (Wildman–Crippen MR) is 71.5 cm³/mol. The van der Waals surface area contributed by atoms with Crippen molar-refractivity contribution < 1.29 is 9.47 Å². The van der Waals surface area contributed by atoms with Gasteiger partial charge < -0.3 is 14.8 Å². The molecule has 0 aliphatic carbocycles. The van der Waals surface area contributed by atoms with Crippen LogP contribution >= 0.6 is 23.2 Å². The minimum Gasteiger partial charge on any atom is -0.495 e. The van der Waals surface area contributed by atoms with Crippen LogP contribution in [0.4, 0.5) is 0 Å². The van der Waals surface area contributed by atoms with Gasteiger partial charge in [-0.25, -0.2) is 0 Å². The second-order valence-electron chi connectivity index (χ2n) is 3.54. The first kappa shape index (κ1) is 14.6. The average molecular weight is 278 g/mol. The molecule has 0 amide bonds. The monoisotopic (exact) mass is 277 g/mol. The van der Waals surface area contributed by atoms with Gasteiger partial charge in [0, 0.05) is 17.6 Å². The van der Waals surface area contributed by atoms with Crippen molar-refractivity contribution in [3.05, 3.63) is 27.7 Å². The highest BCUT2D eigenvalue weighted by molar-refractivity contribution is 6.34. The quantitative estimate of drug-likeness (QED) is 0.778. The molecule has 0 unspecified atom stereocenters. The molecule has 1 aromatic carbocycles. The third kappa shape index (κ3) is 4.72. The molecule has 0 aromatic heterocycles. The van der Waals surface area contributed by atoms with Gasteiger partial charge in [0.05, 0.1) is 25.3 Å². The molecule has 0 saturated heterocycles. The minimum atomic E-state index is 0.571. The highest BCUT2D eigenvalue weighted by atomic mass is 35.5. The fourth-order valence-electron chi connectivity index (χ4n) is 1.38. The van der Waals surface area contributed by atoms with Gasteiger partial charge in [-0.2, -0.15) is 0 Å². The molecule has 96 valence electrons. The first-order valence-corrected chi connectivity index (χ1v) is 6.19. The van der Waals surface area contributed by atoms with Crippen LogP contribution in [0.25, 0.3) is 0 Å². The van der Waals surface area contributed by atoms with Gasteiger partial charge in [0.25, 0.3) is 0 Å². The normalized spacial score (nSPS) is 10.6. The molecule has 5 heteroatoms. The van der Waals surface area contributed by atoms with Crippen molar-refractivity contribution in [1.29, 1.82) is 0 Å². The summed E-state index contributed by atoms with van der Waals surface area (Å²) in [5, 5.41) is 4.24. The highest BCUT2D eigenvalue weighted by Gasteiger charge is 2.07. The molecule has 3 nitrogen and oxygen atoms in total. The van der Waals surface area contributed by atoms with Crippen molar-refractivity contribution in [2.75, 3.05) is 33.9 Å². The second kappa shape index (κ2) is 7.77. The lowest BCUT2D eigenvalue weighted by molar-refractivity contribution is 0.140. The standard InChI is InChI=1S/C12H17Cl2NO2/c1-15-4-6-17-5-3-9-7-11(14)12(16-2)8-10(9)13/h7-8,15H,3-6H2,1-2H3. The molecule has 0 atom stereocenters. The maximum absolute atomic E-state index is 6.11. The minimum absolute atomic E-state index is 0.571. The lowest BCUT2D eigenvalue weighted by Gasteiger charge is -2.09. The predicted octanol–water partition coefficient (Wildman–Crippen LogP) is 2.78. The smallest absolute Gasteiger partial charge is 0.138 e. The first-order valence-electron chi connectivity index (χ1n) is 5.43. The zero-order valence-corrected chi connectivity index (χ0v) is 11.6. The highest BCUT2D eigenvalue weighted by Crippen LogP contribution is 2.31. The zero-order valence-electron chi connectivity index (χ0n) is 10.1. The summed E-state index contributed by atoms with van der Waals surface area (Å²) < 4.78 is 10.5. The lowest BCUT2D eigenvalue weighted by atomic mass is 10.1. The van der Waals surface area contributed by atoms with Gasteiger partial charge in [-0.1, -0.05) is 23.2 Å². The number of halogens is 2. The van der Waals surface area contributed by atoms with Gasteiger partial charge in [0.1, 0.15) is 5.75 Å². The summed E-state index contributed by atoms with van der Waals surface area (Å²) in [6, 6.07) is 3.55. The Balaban J connectivity index is 2.51. The van der Waals surface area contributed by atoms with Crippen molar-refractivity contribution in [3.63, 3.8) is 0 Å². The Morgan fingerprint density at radius 1 is 1.18 bits per heavy atom. The number of hydrogen-bond donors (Lipinski definition) is 1. The molecule has 1 aromatic rings. The Hall–Kier alpha value is -0.480. The largest absolute Gasteiger partial charge is 0.495 e. The Bertz CT molecular complexity index is 359. The Morgan fingerprint density at radius 2 is 1.94 bits per heavy atom. The molecule has 0 saturated carbocycles. The van der Waals surface area contributed by atoms with Crippen LogP contribution in [0.5, 0.6) is 5.75 Å². The topological polar surface area (TPSA) is 30.5 Å². The summed E-state index contributed by atoms with van der Waals surface area (Å²) in [4.78, 5) is 0. The van der Waals surface area contributed by atoms with Crippen molar-refractivity contribution in [2.24, 2.45) is 0 Å². The summed E-state index contributed by atoms with van der Waals surface area (Å²) in [7, 11) is 3.46. The molecule has 0 fully saturated rings. The van der Waals surface area contributed by atoms with Crippen LogP contribution in [0.3, 0.4) is 0 Å². The molecule has 1 rings (SSSR count). The van der Waals surface area contributed by atoms with Crippen LogP contribution in [-0.4, -0.2) is 33.9 Å². The number of ether oxygens (including phenoxy) is 2. The van der Waals surface area contributed by atoms with Gasteiger partial charge in [-0.3, -0.25) is 0 Å². The second-order valence-corrected chi connectivity index (χ2v) is 4.36. The van der Waals surface area contributed by atoms with Gasteiger partial charge in [0.2, 0.25) is 0 Å². The van der Waals surface area contributed by atoms with Crippen molar-refractivity contribution in [1.82, 2.24) is 5.32 Å². The number of hydrogen-bond acceptors (Lipinski definition) is 3. The molecule has 0 aliphatic heterocycles. The van der Waals surface area contributed by atoms with E-state index in [1.165, 1.54) is 0 Å². The molecule has 0 heterocycles. The van der Waals surface area contributed by atoms with E-state index in [4.69, 9.17) is 32.7 Å². The summed E-state index contributed by atoms with van der Waals surface area (Å²) in [5.41, 5.74) is 0.974. The summed E-state index contributed by atoms with van der Waals surface area (Å²) >= 11 is 12.1. The van der Waals surface area contributed by atoms with Crippen LogP contribution in [0, 0.1) is 0 Å². The van der Waals surface area contributed by atoms with E-state index >= 15 is 0 Å². The van der Waals surface area contributed by atoms with Crippen LogP contribution in [0.2, 0.25) is 10.0 Å². The fourth-order valence-corrected chi connectivity index (χ4v) is 1.89. The maximum Gasteiger partial charge on any atom is 0.138 e. The fraction of sp³-hybridized carbons (Fsp3) is 0.500. The summed E-state index contributed by atoms with van der Waals surface area (Å²) in [6.45, 7) is 2.17. The van der Waals surface area contributed by atoms with Crippen molar-refractivity contribution >= 4 is 23.2 Å². The van der Waals surface area contributed by atoms with E-state index in [1.54, 1.807) is 13.2 Å². The third-order valence-electron chi connectivity index (χ3n) is 2.33. The van der Waals surface area contributed by atoms with E-state index in [2.05, 4.69) is 5.32 Å². The summed E-state index contributed by atoms with van der Waals surface area (Å²) in [5.74, 6) is 0.594. The third-order valence-corrected chi connectivity index (χ3v) is 2.98. The Morgan fingerprint density at radius 3 is 2.59 bits per heavy atom. The molecular weight excluding hydrogens is 261 g/mol. The molecule has 1 N–H and O–H groups in total. The molecule has 0 radical (unpaired) electrons. The molecule has 0 bridgehead atoms. The Labute approximate surface area is 112 Å². The van der Waals surface area contributed by atoms with Crippen molar-refractivity contribution in [3.8, 4) is 5.75 Å². The Kier molecular flexibility index (Phi) is 6.66. The average Bonchev–Trinajstić information content (AvgIpc) is 2.32. The SMILES string of the molecule is CNCCOCCc1cc(Cl)c(OC)cc1Cl. The number of rotatable bonds is 7.